The summed E-state index contributed by atoms with van der Waals surface area (Å²) in [5.74, 6) is 0.186. The number of carbonyl (C=O) groups excluding carboxylic acids is 3. The molecule has 0 radical (unpaired) electrons. The lowest BCUT2D eigenvalue weighted by molar-refractivity contribution is -0.122. The van der Waals surface area contributed by atoms with E-state index in [0.717, 1.165) is 70.6 Å². The maximum atomic E-state index is 12.2. The number of carbonyl (C=O) groups is 3. The Kier molecular flexibility index (Phi) is 25.7. The monoisotopic (exact) mass is 586 g/mol. The van der Waals surface area contributed by atoms with Crippen molar-refractivity contribution < 1.29 is 39.9 Å². The summed E-state index contributed by atoms with van der Waals surface area (Å²) in [6, 6.07) is 0. The van der Waals surface area contributed by atoms with Crippen molar-refractivity contribution in [2.24, 2.45) is 0 Å². The Balaban J connectivity index is 3.69. The van der Waals surface area contributed by atoms with Gasteiger partial charge >= 0.3 is 0 Å². The molecule has 0 saturated carbocycles. The fraction of sp³-hybridized carbons (Fsp3) is 0.909. The molecule has 5 N–H and O–H groups in total. The SMILES string of the molecule is CCCCC[C@H](O)CC(=O)CCCCC[C@H](O)CC(=O)CCCCC[C@H](O)CC(=O)CCCCC[C@H](O)C[C@H](C)O. The van der Waals surface area contributed by atoms with Gasteiger partial charge in [-0.2, -0.15) is 0 Å². The Morgan fingerprint density at radius 2 is 0.780 bits per heavy atom. The van der Waals surface area contributed by atoms with Gasteiger partial charge < -0.3 is 25.5 Å². The molecule has 0 aliphatic rings. The van der Waals surface area contributed by atoms with E-state index in [-0.39, 0.29) is 36.6 Å². The van der Waals surface area contributed by atoms with E-state index in [9.17, 15) is 39.9 Å². The molecule has 242 valence electrons. The largest absolute Gasteiger partial charge is 0.393 e. The highest BCUT2D eigenvalue weighted by molar-refractivity contribution is 5.79. The zero-order valence-electron chi connectivity index (χ0n) is 26.1. The van der Waals surface area contributed by atoms with Gasteiger partial charge in [-0.1, -0.05) is 64.7 Å². The van der Waals surface area contributed by atoms with Gasteiger partial charge in [-0.25, -0.2) is 0 Å². The molecule has 0 unspecified atom stereocenters. The van der Waals surface area contributed by atoms with Crippen LogP contribution in [0.5, 0.6) is 0 Å². The van der Waals surface area contributed by atoms with E-state index < -0.39 is 30.5 Å². The molecule has 0 fully saturated rings. The lowest BCUT2D eigenvalue weighted by Crippen LogP contribution is -2.15. The summed E-state index contributed by atoms with van der Waals surface area (Å²) in [4.78, 5) is 36.2. The van der Waals surface area contributed by atoms with Crippen LogP contribution < -0.4 is 0 Å². The Labute approximate surface area is 249 Å². The van der Waals surface area contributed by atoms with Crippen molar-refractivity contribution in [3.63, 3.8) is 0 Å². The summed E-state index contributed by atoms with van der Waals surface area (Å²) < 4.78 is 0. The average Bonchev–Trinajstić information content (AvgIpc) is 2.87. The van der Waals surface area contributed by atoms with Crippen LogP contribution in [0.25, 0.3) is 0 Å². The zero-order valence-corrected chi connectivity index (χ0v) is 26.1. The van der Waals surface area contributed by atoms with Gasteiger partial charge in [0.2, 0.25) is 0 Å². The number of unbranched alkanes of at least 4 members (excludes halogenated alkanes) is 8. The quantitative estimate of drug-likeness (QED) is 0.0691. The minimum absolute atomic E-state index is 0.0406. The van der Waals surface area contributed by atoms with Crippen LogP contribution in [0.15, 0.2) is 0 Å². The molecule has 0 aliphatic heterocycles. The Hall–Kier alpha value is -1.19. The van der Waals surface area contributed by atoms with Crippen LogP contribution >= 0.6 is 0 Å². The lowest BCUT2D eigenvalue weighted by atomic mass is 9.99. The first-order valence-electron chi connectivity index (χ1n) is 16.5. The molecular weight excluding hydrogens is 524 g/mol. The van der Waals surface area contributed by atoms with Crippen LogP contribution in [-0.2, 0) is 14.4 Å². The number of hydrogen-bond donors (Lipinski definition) is 5. The van der Waals surface area contributed by atoms with Crippen molar-refractivity contribution in [1.82, 2.24) is 0 Å². The molecule has 5 atom stereocenters. The summed E-state index contributed by atoms with van der Waals surface area (Å²) in [6.07, 6.45) is 11.9. The summed E-state index contributed by atoms with van der Waals surface area (Å²) in [7, 11) is 0. The molecule has 0 aliphatic carbocycles. The smallest absolute Gasteiger partial charge is 0.135 e. The third-order valence-electron chi connectivity index (χ3n) is 7.62. The second-order valence-electron chi connectivity index (χ2n) is 12.2. The lowest BCUT2D eigenvalue weighted by Gasteiger charge is -2.12. The topological polar surface area (TPSA) is 152 Å². The minimum Gasteiger partial charge on any atom is -0.393 e. The van der Waals surface area contributed by atoms with Crippen LogP contribution in [0.3, 0.4) is 0 Å². The standard InChI is InChI=1S/C33H62O8/c1-3-4-8-15-28(36)23-29(37)18-11-6-12-19-32(40)25-33(41)21-14-7-13-20-31(39)24-30(38)17-10-5-9-16-27(35)22-26(2)34/h26-28,31-32,34-36,39-40H,3-25H2,1-2H3/t26-,27-,28-,31-,32-/m0/s1. The number of aliphatic hydroxyl groups is 5. The van der Waals surface area contributed by atoms with Gasteiger partial charge in [0.1, 0.15) is 17.3 Å². The summed E-state index contributed by atoms with van der Waals surface area (Å²) >= 11 is 0. The number of hydrogen-bond acceptors (Lipinski definition) is 8. The summed E-state index contributed by atoms with van der Waals surface area (Å²) in [5, 5.41) is 49.2. The van der Waals surface area contributed by atoms with Gasteiger partial charge in [0.25, 0.3) is 0 Å². The first-order valence-corrected chi connectivity index (χ1v) is 16.5. The predicted octanol–water partition coefficient (Wildman–Crippen LogP) is 5.51. The molecule has 0 aromatic heterocycles. The number of Topliss-reactive ketones (excluding diaryl/α,β-unsaturated/α-hetero) is 3. The highest BCUT2D eigenvalue weighted by Crippen LogP contribution is 2.15. The van der Waals surface area contributed by atoms with Gasteiger partial charge in [0.15, 0.2) is 0 Å². The molecule has 8 nitrogen and oxygen atoms in total. The Morgan fingerprint density at radius 3 is 1.10 bits per heavy atom. The normalized spacial score (nSPS) is 15.3. The van der Waals surface area contributed by atoms with Gasteiger partial charge in [-0.15, -0.1) is 0 Å². The third-order valence-corrected chi connectivity index (χ3v) is 7.62. The van der Waals surface area contributed by atoms with E-state index in [4.69, 9.17) is 0 Å². The molecule has 0 spiro atoms. The van der Waals surface area contributed by atoms with Crippen LogP contribution in [-0.4, -0.2) is 73.4 Å². The summed E-state index contributed by atoms with van der Waals surface area (Å²) in [6.45, 7) is 3.76. The average molecular weight is 587 g/mol. The van der Waals surface area contributed by atoms with Crippen molar-refractivity contribution in [1.29, 1.82) is 0 Å². The predicted molar refractivity (Wildman–Crippen MR) is 163 cm³/mol. The second-order valence-corrected chi connectivity index (χ2v) is 12.2. The van der Waals surface area contributed by atoms with Gasteiger partial charge in [0.05, 0.1) is 30.5 Å². The number of rotatable bonds is 30. The molecule has 0 amide bonds. The molecule has 0 aromatic rings. The highest BCUT2D eigenvalue weighted by Gasteiger charge is 2.14. The minimum atomic E-state index is -0.654. The molecule has 0 rings (SSSR count). The Morgan fingerprint density at radius 1 is 0.463 bits per heavy atom. The highest BCUT2D eigenvalue weighted by atomic mass is 16.3. The van der Waals surface area contributed by atoms with Gasteiger partial charge in [-0.3, -0.25) is 14.4 Å². The fourth-order valence-electron chi connectivity index (χ4n) is 5.18. The van der Waals surface area contributed by atoms with Gasteiger partial charge in [0, 0.05) is 38.5 Å². The van der Waals surface area contributed by atoms with E-state index in [1.54, 1.807) is 6.92 Å². The number of ketones is 3. The van der Waals surface area contributed by atoms with E-state index in [1.165, 1.54) is 0 Å². The van der Waals surface area contributed by atoms with Crippen molar-refractivity contribution in [3.05, 3.63) is 0 Å². The second kappa shape index (κ2) is 26.4. The first-order chi connectivity index (χ1) is 19.5. The van der Waals surface area contributed by atoms with Crippen LogP contribution in [0.2, 0.25) is 0 Å². The molecule has 0 bridgehead atoms. The molecule has 8 heteroatoms. The maximum absolute atomic E-state index is 12.2. The van der Waals surface area contributed by atoms with Crippen LogP contribution in [0.4, 0.5) is 0 Å². The van der Waals surface area contributed by atoms with E-state index >= 15 is 0 Å². The van der Waals surface area contributed by atoms with E-state index in [2.05, 4.69) is 6.92 Å². The van der Waals surface area contributed by atoms with Crippen molar-refractivity contribution >= 4 is 17.3 Å². The molecule has 0 saturated heterocycles. The third kappa shape index (κ3) is 27.4. The van der Waals surface area contributed by atoms with Crippen molar-refractivity contribution in [2.75, 3.05) is 0 Å². The van der Waals surface area contributed by atoms with Crippen molar-refractivity contribution in [3.8, 4) is 0 Å². The van der Waals surface area contributed by atoms with Crippen LogP contribution in [0.1, 0.15) is 162 Å². The van der Waals surface area contributed by atoms with E-state index in [1.807, 2.05) is 0 Å². The van der Waals surface area contributed by atoms with Gasteiger partial charge in [-0.05, 0) is 58.3 Å². The number of aliphatic hydroxyl groups excluding tert-OH is 5. The van der Waals surface area contributed by atoms with Crippen molar-refractivity contribution in [2.45, 2.75) is 192 Å². The van der Waals surface area contributed by atoms with Crippen LogP contribution in [0, 0.1) is 0 Å². The maximum Gasteiger partial charge on any atom is 0.135 e. The molecule has 41 heavy (non-hydrogen) atoms. The summed E-state index contributed by atoms with van der Waals surface area (Å²) in [5.41, 5.74) is 0. The first kappa shape index (κ1) is 39.8. The molecule has 0 aromatic carbocycles. The zero-order chi connectivity index (χ0) is 30.9. The Bertz CT molecular complexity index is 666. The fourth-order valence-corrected chi connectivity index (χ4v) is 5.18. The molecule has 0 heterocycles. The van der Waals surface area contributed by atoms with E-state index in [0.29, 0.717) is 57.8 Å². The molecular formula is C33H62O8.